The Labute approximate surface area is 68.2 Å². The summed E-state index contributed by atoms with van der Waals surface area (Å²) < 4.78 is 0. The monoisotopic (exact) mass is 158 g/mol. The molecule has 0 bridgehead atoms. The van der Waals surface area contributed by atoms with Gasteiger partial charge in [-0.05, 0) is 12.3 Å². The molecule has 0 aliphatic carbocycles. The highest BCUT2D eigenvalue weighted by Gasteiger charge is 2.01. The molecule has 0 amide bonds. The van der Waals surface area contributed by atoms with E-state index in [0.29, 0.717) is 11.9 Å². The average Bonchev–Trinajstić information content (AvgIpc) is 1.98. The molecule has 4 N–H and O–H groups in total. The van der Waals surface area contributed by atoms with Crippen LogP contribution in [0.5, 0.6) is 0 Å². The minimum Gasteiger partial charge on any atom is -0.368 e. The molecule has 4 nitrogen and oxygen atoms in total. The van der Waals surface area contributed by atoms with Crippen LogP contribution in [0.1, 0.15) is 20.3 Å². The van der Waals surface area contributed by atoms with Crippen LogP contribution in [-0.2, 0) is 0 Å². The fourth-order valence-electron chi connectivity index (χ4n) is 0.665. The van der Waals surface area contributed by atoms with Crippen molar-refractivity contribution in [1.82, 2.24) is 4.90 Å². The number of hydrazone groups is 1. The van der Waals surface area contributed by atoms with E-state index < -0.39 is 0 Å². The Morgan fingerprint density at radius 3 is 2.45 bits per heavy atom. The summed E-state index contributed by atoms with van der Waals surface area (Å²) in [6.07, 6.45) is 1.10. The largest absolute Gasteiger partial charge is 0.368 e. The molecule has 0 aliphatic heterocycles. The van der Waals surface area contributed by atoms with Crippen molar-refractivity contribution < 1.29 is 0 Å². The third kappa shape index (κ3) is 4.47. The molecule has 0 aliphatic rings. The summed E-state index contributed by atoms with van der Waals surface area (Å²) in [6, 6.07) is 0. The van der Waals surface area contributed by atoms with Gasteiger partial charge in [-0.15, -0.1) is 5.10 Å². The van der Waals surface area contributed by atoms with E-state index in [9.17, 15) is 0 Å². The molecule has 0 saturated carbocycles. The summed E-state index contributed by atoms with van der Waals surface area (Å²) in [7, 11) is 1.88. The van der Waals surface area contributed by atoms with E-state index in [-0.39, 0.29) is 0 Å². The molecule has 0 unspecified atom stereocenters. The fraction of sp³-hybridized carbons (Fsp3) is 0.857. The van der Waals surface area contributed by atoms with Crippen LogP contribution in [0.4, 0.5) is 0 Å². The minimum absolute atomic E-state index is 0.394. The Balaban J connectivity index is 3.61. The zero-order chi connectivity index (χ0) is 8.85. The summed E-state index contributed by atoms with van der Waals surface area (Å²) in [5, 5.41) is 3.39. The van der Waals surface area contributed by atoms with Gasteiger partial charge in [-0.1, -0.05) is 13.8 Å². The third-order valence-electron chi connectivity index (χ3n) is 1.57. The maximum Gasteiger partial charge on any atom is 0.213 e. The van der Waals surface area contributed by atoms with Gasteiger partial charge >= 0.3 is 0 Å². The van der Waals surface area contributed by atoms with Crippen molar-refractivity contribution in [3.05, 3.63) is 0 Å². The molecule has 4 heteroatoms. The van der Waals surface area contributed by atoms with Crippen LogP contribution < -0.4 is 11.6 Å². The number of hydrogen-bond acceptors (Lipinski definition) is 2. The summed E-state index contributed by atoms with van der Waals surface area (Å²) in [4.78, 5) is 1.85. The van der Waals surface area contributed by atoms with Crippen LogP contribution in [0.15, 0.2) is 5.10 Å². The number of hydrogen-bond donors (Lipinski definition) is 2. The maximum atomic E-state index is 5.45. The maximum absolute atomic E-state index is 5.45. The van der Waals surface area contributed by atoms with Gasteiger partial charge in [0.2, 0.25) is 5.96 Å². The Bertz CT molecular complexity index is 130. The van der Waals surface area contributed by atoms with Gasteiger partial charge in [0.15, 0.2) is 0 Å². The molecule has 0 atom stereocenters. The van der Waals surface area contributed by atoms with Crippen LogP contribution in [0.2, 0.25) is 0 Å². The molecule has 0 aromatic rings. The first-order valence-corrected chi connectivity index (χ1v) is 3.82. The predicted molar refractivity (Wildman–Crippen MR) is 47.9 cm³/mol. The lowest BCUT2D eigenvalue weighted by molar-refractivity contribution is 0.432. The van der Waals surface area contributed by atoms with Gasteiger partial charge in [-0.2, -0.15) is 0 Å². The quantitative estimate of drug-likeness (QED) is 0.266. The second kappa shape index (κ2) is 4.82. The van der Waals surface area contributed by atoms with Gasteiger partial charge < -0.3 is 16.5 Å². The lowest BCUT2D eigenvalue weighted by atomic mass is 10.1. The van der Waals surface area contributed by atoms with Crippen LogP contribution in [-0.4, -0.2) is 24.5 Å². The molecular weight excluding hydrogens is 140 g/mol. The van der Waals surface area contributed by atoms with E-state index in [1.165, 1.54) is 0 Å². The molecule has 0 aromatic carbocycles. The fourth-order valence-corrected chi connectivity index (χ4v) is 0.665. The Hall–Kier alpha value is -0.930. The topological polar surface area (TPSA) is 67.6 Å². The van der Waals surface area contributed by atoms with Crippen LogP contribution in [0, 0.1) is 5.92 Å². The van der Waals surface area contributed by atoms with Crippen molar-refractivity contribution in [3.63, 3.8) is 0 Å². The second-order valence-corrected chi connectivity index (χ2v) is 3.09. The number of nitrogens with zero attached hydrogens (tertiary/aromatic N) is 2. The first kappa shape index (κ1) is 10.1. The molecule has 0 fully saturated rings. The number of nitrogens with two attached hydrogens (primary N) is 2. The van der Waals surface area contributed by atoms with Crippen molar-refractivity contribution in [2.45, 2.75) is 20.3 Å². The zero-order valence-electron chi connectivity index (χ0n) is 7.54. The van der Waals surface area contributed by atoms with Crippen molar-refractivity contribution >= 4 is 5.96 Å². The van der Waals surface area contributed by atoms with Crippen molar-refractivity contribution in [3.8, 4) is 0 Å². The molecule has 0 heterocycles. The normalized spacial score (nSPS) is 12.2. The first-order valence-electron chi connectivity index (χ1n) is 3.82. The van der Waals surface area contributed by atoms with E-state index in [0.717, 1.165) is 13.0 Å². The van der Waals surface area contributed by atoms with Gasteiger partial charge in [0.25, 0.3) is 0 Å². The predicted octanol–water partition coefficient (Wildman–Crippen LogP) is 0.153. The van der Waals surface area contributed by atoms with Crippen molar-refractivity contribution in [2.24, 2.45) is 22.6 Å². The highest BCUT2D eigenvalue weighted by molar-refractivity contribution is 5.77. The average molecular weight is 158 g/mol. The second-order valence-electron chi connectivity index (χ2n) is 3.09. The van der Waals surface area contributed by atoms with Crippen LogP contribution >= 0.6 is 0 Å². The smallest absolute Gasteiger partial charge is 0.213 e. The molecule has 0 saturated heterocycles. The minimum atomic E-state index is 0.394. The highest BCUT2D eigenvalue weighted by Crippen LogP contribution is 1.99. The number of rotatable bonds is 3. The standard InChI is InChI=1S/C7H18N4/c1-6(2)4-5-11(3)7(8)10-9/h6H,4-5,9H2,1-3H3,(H2,8,10). The molecular formula is C7H18N4. The lowest BCUT2D eigenvalue weighted by Gasteiger charge is -2.17. The van der Waals surface area contributed by atoms with E-state index in [1.807, 2.05) is 11.9 Å². The van der Waals surface area contributed by atoms with Crippen LogP contribution in [0.3, 0.4) is 0 Å². The summed E-state index contributed by atoms with van der Waals surface area (Å²) in [5.74, 6) is 6.08. The lowest BCUT2D eigenvalue weighted by Crippen LogP contribution is -2.35. The Morgan fingerprint density at radius 1 is 1.55 bits per heavy atom. The third-order valence-corrected chi connectivity index (χ3v) is 1.57. The van der Waals surface area contributed by atoms with E-state index in [2.05, 4.69) is 18.9 Å². The summed E-state index contributed by atoms with van der Waals surface area (Å²) >= 11 is 0. The van der Waals surface area contributed by atoms with Gasteiger partial charge in [-0.25, -0.2) is 0 Å². The van der Waals surface area contributed by atoms with Crippen molar-refractivity contribution in [2.75, 3.05) is 13.6 Å². The van der Waals surface area contributed by atoms with E-state index in [4.69, 9.17) is 11.6 Å². The SMILES string of the molecule is CC(C)CCN(C)C(N)=NN. The van der Waals surface area contributed by atoms with Crippen LogP contribution in [0.25, 0.3) is 0 Å². The summed E-state index contributed by atoms with van der Waals surface area (Å²) in [5.41, 5.74) is 5.45. The van der Waals surface area contributed by atoms with E-state index >= 15 is 0 Å². The Morgan fingerprint density at radius 2 is 2.09 bits per heavy atom. The van der Waals surface area contributed by atoms with Gasteiger partial charge in [0.1, 0.15) is 0 Å². The molecule has 0 radical (unpaired) electrons. The molecule has 0 aromatic heterocycles. The van der Waals surface area contributed by atoms with E-state index in [1.54, 1.807) is 0 Å². The molecule has 0 spiro atoms. The number of guanidine groups is 1. The molecule has 66 valence electrons. The van der Waals surface area contributed by atoms with Gasteiger partial charge in [0.05, 0.1) is 0 Å². The van der Waals surface area contributed by atoms with Gasteiger partial charge in [-0.3, -0.25) is 0 Å². The highest BCUT2D eigenvalue weighted by atomic mass is 15.3. The zero-order valence-corrected chi connectivity index (χ0v) is 7.54. The van der Waals surface area contributed by atoms with Gasteiger partial charge in [0, 0.05) is 13.6 Å². The first-order chi connectivity index (χ1) is 5.07. The molecule has 0 rings (SSSR count). The Kier molecular flexibility index (Phi) is 4.41. The summed E-state index contributed by atoms with van der Waals surface area (Å²) in [6.45, 7) is 5.25. The molecule has 11 heavy (non-hydrogen) atoms. The van der Waals surface area contributed by atoms with Crippen molar-refractivity contribution in [1.29, 1.82) is 0 Å².